The highest BCUT2D eigenvalue weighted by Crippen LogP contribution is 2.39. The van der Waals surface area contributed by atoms with Crippen LogP contribution in [0.2, 0.25) is 5.02 Å². The van der Waals surface area contributed by atoms with E-state index in [0.717, 1.165) is 12.5 Å². The Hall–Kier alpha value is -1.36. The molecule has 0 N–H and O–H groups in total. The lowest BCUT2D eigenvalue weighted by atomic mass is 10.3. The molecule has 1 saturated carbocycles. The van der Waals surface area contributed by atoms with Crippen LogP contribution in [0.4, 0.5) is 11.5 Å². The molecule has 1 aliphatic rings. The van der Waals surface area contributed by atoms with Crippen LogP contribution in [0, 0.1) is 22.0 Å². The van der Waals surface area contributed by atoms with Crippen molar-refractivity contribution in [2.75, 3.05) is 18.5 Å². The SMILES string of the molecule is CC1CC1CN(C)c1ncc([N+](=O)[O-])cc1Cl. The Balaban J connectivity index is 2.12. The molecule has 1 aromatic rings. The van der Waals surface area contributed by atoms with Crippen molar-refractivity contribution < 1.29 is 4.92 Å². The highest BCUT2D eigenvalue weighted by atomic mass is 35.5. The average Bonchev–Trinajstić information content (AvgIpc) is 2.93. The van der Waals surface area contributed by atoms with Gasteiger partial charge in [-0.15, -0.1) is 0 Å². The topological polar surface area (TPSA) is 59.3 Å². The van der Waals surface area contributed by atoms with Crippen molar-refractivity contribution in [1.29, 1.82) is 0 Å². The van der Waals surface area contributed by atoms with Crippen molar-refractivity contribution in [3.63, 3.8) is 0 Å². The Bertz CT molecular complexity index is 452. The first-order chi connectivity index (χ1) is 7.99. The highest BCUT2D eigenvalue weighted by Gasteiger charge is 2.33. The normalized spacial score (nSPS) is 22.3. The number of halogens is 1. The molecule has 0 bridgehead atoms. The summed E-state index contributed by atoms with van der Waals surface area (Å²) in [7, 11) is 1.91. The summed E-state index contributed by atoms with van der Waals surface area (Å²) in [4.78, 5) is 16.1. The van der Waals surface area contributed by atoms with Gasteiger partial charge >= 0.3 is 0 Å². The van der Waals surface area contributed by atoms with Gasteiger partial charge in [-0.1, -0.05) is 18.5 Å². The van der Waals surface area contributed by atoms with Gasteiger partial charge in [0.05, 0.1) is 9.95 Å². The van der Waals surface area contributed by atoms with E-state index in [0.29, 0.717) is 16.8 Å². The van der Waals surface area contributed by atoms with E-state index in [-0.39, 0.29) is 5.69 Å². The van der Waals surface area contributed by atoms with E-state index in [9.17, 15) is 10.1 Å². The van der Waals surface area contributed by atoms with E-state index in [2.05, 4.69) is 11.9 Å². The quantitative estimate of drug-likeness (QED) is 0.613. The zero-order chi connectivity index (χ0) is 12.6. The first-order valence-corrected chi connectivity index (χ1v) is 5.88. The molecule has 6 heteroatoms. The van der Waals surface area contributed by atoms with Crippen LogP contribution in [-0.4, -0.2) is 23.5 Å². The molecule has 2 atom stereocenters. The average molecular weight is 256 g/mol. The summed E-state index contributed by atoms with van der Waals surface area (Å²) in [6.07, 6.45) is 2.48. The first-order valence-electron chi connectivity index (χ1n) is 5.50. The molecule has 0 aliphatic heterocycles. The number of anilines is 1. The number of rotatable bonds is 4. The third-order valence-corrected chi connectivity index (χ3v) is 3.44. The Morgan fingerprint density at radius 1 is 1.71 bits per heavy atom. The largest absolute Gasteiger partial charge is 0.358 e. The van der Waals surface area contributed by atoms with Gasteiger partial charge in [0.25, 0.3) is 5.69 Å². The Morgan fingerprint density at radius 3 is 2.82 bits per heavy atom. The smallest absolute Gasteiger partial charge is 0.289 e. The third kappa shape index (κ3) is 2.66. The lowest BCUT2D eigenvalue weighted by Gasteiger charge is -2.18. The summed E-state index contributed by atoms with van der Waals surface area (Å²) in [6.45, 7) is 3.11. The standard InChI is InChI=1S/C11H14ClN3O2/c1-7-3-8(7)6-14(2)11-10(12)4-9(5-13-11)15(16)17/h4-5,7-8H,3,6H2,1-2H3. The fraction of sp³-hybridized carbons (Fsp3) is 0.545. The molecule has 1 heterocycles. The molecule has 0 radical (unpaired) electrons. The Kier molecular flexibility index (Phi) is 3.19. The van der Waals surface area contributed by atoms with Crippen LogP contribution in [0.3, 0.4) is 0 Å². The van der Waals surface area contributed by atoms with E-state index in [4.69, 9.17) is 11.6 Å². The minimum absolute atomic E-state index is 0.0769. The summed E-state index contributed by atoms with van der Waals surface area (Å²) in [5.74, 6) is 2.05. The van der Waals surface area contributed by atoms with Gasteiger partial charge in [0.15, 0.2) is 0 Å². The second-order valence-corrected chi connectivity index (χ2v) is 5.02. The number of hydrogen-bond acceptors (Lipinski definition) is 4. The van der Waals surface area contributed by atoms with Gasteiger partial charge in [0, 0.05) is 19.7 Å². The van der Waals surface area contributed by atoms with Crippen LogP contribution in [-0.2, 0) is 0 Å². The van der Waals surface area contributed by atoms with E-state index in [1.165, 1.54) is 18.7 Å². The van der Waals surface area contributed by atoms with Gasteiger partial charge in [0.1, 0.15) is 12.0 Å². The van der Waals surface area contributed by atoms with Crippen LogP contribution in [0.25, 0.3) is 0 Å². The second kappa shape index (κ2) is 4.49. The molecule has 92 valence electrons. The maximum absolute atomic E-state index is 10.6. The fourth-order valence-electron chi connectivity index (χ4n) is 1.89. The molecule has 2 rings (SSSR count). The van der Waals surface area contributed by atoms with Gasteiger partial charge in [-0.2, -0.15) is 0 Å². The van der Waals surface area contributed by atoms with Gasteiger partial charge in [-0.05, 0) is 18.3 Å². The van der Waals surface area contributed by atoms with Crippen molar-refractivity contribution in [2.24, 2.45) is 11.8 Å². The summed E-state index contributed by atoms with van der Waals surface area (Å²) in [6, 6.07) is 1.34. The van der Waals surface area contributed by atoms with Crippen LogP contribution < -0.4 is 4.90 Å². The molecular formula is C11H14ClN3O2. The molecule has 1 aromatic heterocycles. The van der Waals surface area contributed by atoms with Gasteiger partial charge in [-0.3, -0.25) is 10.1 Å². The fourth-order valence-corrected chi connectivity index (χ4v) is 2.20. The number of hydrogen-bond donors (Lipinski definition) is 0. The van der Waals surface area contributed by atoms with E-state index in [1.807, 2.05) is 11.9 Å². The molecule has 5 nitrogen and oxygen atoms in total. The summed E-state index contributed by atoms with van der Waals surface area (Å²) in [5.41, 5.74) is -0.0769. The number of nitro groups is 1. The van der Waals surface area contributed by atoms with E-state index < -0.39 is 4.92 Å². The molecule has 0 saturated heterocycles. The highest BCUT2D eigenvalue weighted by molar-refractivity contribution is 6.33. The molecule has 1 aliphatic carbocycles. The Labute approximate surface area is 105 Å². The molecular weight excluding hydrogens is 242 g/mol. The van der Waals surface area contributed by atoms with Gasteiger partial charge in [0.2, 0.25) is 0 Å². The maximum atomic E-state index is 10.6. The third-order valence-electron chi connectivity index (χ3n) is 3.16. The lowest BCUT2D eigenvalue weighted by Crippen LogP contribution is -2.22. The minimum Gasteiger partial charge on any atom is -0.358 e. The van der Waals surface area contributed by atoms with Crippen molar-refractivity contribution in [3.8, 4) is 0 Å². The number of pyridine rings is 1. The molecule has 1 fully saturated rings. The minimum atomic E-state index is -0.494. The molecule has 0 amide bonds. The van der Waals surface area contributed by atoms with E-state index in [1.54, 1.807) is 0 Å². The van der Waals surface area contributed by atoms with Crippen LogP contribution in [0.5, 0.6) is 0 Å². The van der Waals surface area contributed by atoms with Crippen molar-refractivity contribution >= 4 is 23.1 Å². The summed E-state index contributed by atoms with van der Waals surface area (Å²) < 4.78 is 0. The molecule has 0 aromatic carbocycles. The maximum Gasteiger partial charge on any atom is 0.289 e. The zero-order valence-corrected chi connectivity index (χ0v) is 10.5. The number of aromatic nitrogens is 1. The second-order valence-electron chi connectivity index (χ2n) is 4.61. The van der Waals surface area contributed by atoms with Gasteiger partial charge < -0.3 is 4.90 Å². The van der Waals surface area contributed by atoms with Crippen LogP contribution in [0.1, 0.15) is 13.3 Å². The molecule has 17 heavy (non-hydrogen) atoms. The predicted molar refractivity (Wildman–Crippen MR) is 66.4 cm³/mol. The van der Waals surface area contributed by atoms with E-state index >= 15 is 0 Å². The van der Waals surface area contributed by atoms with Crippen LogP contribution in [0.15, 0.2) is 12.3 Å². The van der Waals surface area contributed by atoms with Crippen molar-refractivity contribution in [2.45, 2.75) is 13.3 Å². The lowest BCUT2D eigenvalue weighted by molar-refractivity contribution is -0.385. The Morgan fingerprint density at radius 2 is 2.35 bits per heavy atom. The van der Waals surface area contributed by atoms with Crippen LogP contribution >= 0.6 is 11.6 Å². The first kappa shape index (κ1) is 12.1. The monoisotopic (exact) mass is 255 g/mol. The van der Waals surface area contributed by atoms with Crippen molar-refractivity contribution in [1.82, 2.24) is 4.98 Å². The molecule has 0 spiro atoms. The van der Waals surface area contributed by atoms with Crippen molar-refractivity contribution in [3.05, 3.63) is 27.4 Å². The predicted octanol–water partition coefficient (Wildman–Crippen LogP) is 2.74. The number of nitrogens with zero attached hydrogens (tertiary/aromatic N) is 3. The molecule has 2 unspecified atom stereocenters. The van der Waals surface area contributed by atoms with Gasteiger partial charge in [-0.25, -0.2) is 4.98 Å². The summed E-state index contributed by atoms with van der Waals surface area (Å²) >= 11 is 6.00. The zero-order valence-electron chi connectivity index (χ0n) is 9.76. The summed E-state index contributed by atoms with van der Waals surface area (Å²) in [5, 5.41) is 10.9.